The Morgan fingerprint density at radius 1 is 1.47 bits per heavy atom. The van der Waals surface area contributed by atoms with E-state index in [1.165, 1.54) is 6.42 Å². The van der Waals surface area contributed by atoms with Crippen molar-refractivity contribution < 1.29 is 4.79 Å². The van der Waals surface area contributed by atoms with Crippen LogP contribution in [0.3, 0.4) is 0 Å². The van der Waals surface area contributed by atoms with E-state index in [0.717, 1.165) is 42.3 Å². The predicted molar refractivity (Wildman–Crippen MR) is 61.0 cm³/mol. The molecular formula is C10H17N3OS. The van der Waals surface area contributed by atoms with Crippen LogP contribution in [0.4, 0.5) is 0 Å². The van der Waals surface area contributed by atoms with Gasteiger partial charge in [-0.25, -0.2) is 4.98 Å². The summed E-state index contributed by atoms with van der Waals surface area (Å²) in [6, 6.07) is 0. The van der Waals surface area contributed by atoms with E-state index >= 15 is 0 Å². The van der Waals surface area contributed by atoms with Gasteiger partial charge in [0, 0.05) is 18.6 Å². The van der Waals surface area contributed by atoms with Gasteiger partial charge in [-0.3, -0.25) is 5.10 Å². The average Bonchev–Trinajstić information content (AvgIpc) is 2.69. The number of aromatic amines is 1. The first-order valence-electron chi connectivity index (χ1n) is 5.34. The molecule has 0 aliphatic rings. The maximum absolute atomic E-state index is 10.1. The quantitative estimate of drug-likeness (QED) is 0.420. The summed E-state index contributed by atoms with van der Waals surface area (Å²) >= 11 is 1.60. The van der Waals surface area contributed by atoms with Crippen molar-refractivity contribution in [3.63, 3.8) is 0 Å². The summed E-state index contributed by atoms with van der Waals surface area (Å²) in [5.74, 6) is 1.87. The smallest absolute Gasteiger partial charge is 0.208 e. The number of nitrogens with zero attached hydrogens (tertiary/aromatic N) is 2. The molecule has 84 valence electrons. The highest BCUT2D eigenvalue weighted by atomic mass is 32.2. The standard InChI is InChI=1S/C10H17N3OS/c1-2-3-6-9-11-10(13-12-9)15-8-5-4-7-14/h7H,2-6,8H2,1H3,(H,11,12,13). The zero-order valence-corrected chi connectivity index (χ0v) is 9.85. The average molecular weight is 227 g/mol. The molecule has 0 aliphatic heterocycles. The number of hydrogen-bond acceptors (Lipinski definition) is 4. The first kappa shape index (κ1) is 12.2. The Kier molecular flexibility index (Phi) is 6.08. The minimum atomic E-state index is 0.625. The summed E-state index contributed by atoms with van der Waals surface area (Å²) in [5, 5.41) is 7.83. The molecule has 4 nitrogen and oxygen atoms in total. The molecule has 0 aliphatic carbocycles. The lowest BCUT2D eigenvalue weighted by molar-refractivity contribution is -0.107. The summed E-state index contributed by atoms with van der Waals surface area (Å²) < 4.78 is 0. The summed E-state index contributed by atoms with van der Waals surface area (Å²) in [7, 11) is 0. The van der Waals surface area contributed by atoms with Crippen LogP contribution in [0.25, 0.3) is 0 Å². The first-order valence-corrected chi connectivity index (χ1v) is 6.33. The third-order valence-electron chi connectivity index (χ3n) is 1.98. The van der Waals surface area contributed by atoms with Gasteiger partial charge in [-0.2, -0.15) is 0 Å². The molecule has 1 heterocycles. The van der Waals surface area contributed by atoms with Gasteiger partial charge in [0.05, 0.1) is 0 Å². The minimum Gasteiger partial charge on any atom is -0.303 e. The largest absolute Gasteiger partial charge is 0.303 e. The number of unbranched alkanes of at least 4 members (excludes halogenated alkanes) is 2. The van der Waals surface area contributed by atoms with Crippen LogP contribution in [0.5, 0.6) is 0 Å². The SMILES string of the molecule is CCCCc1nc(SCCCC=O)n[nH]1. The summed E-state index contributed by atoms with van der Waals surface area (Å²) in [6.07, 6.45) is 5.75. The Hall–Kier alpha value is -0.840. The predicted octanol–water partition coefficient (Wildman–Crippen LogP) is 2.22. The molecule has 15 heavy (non-hydrogen) atoms. The van der Waals surface area contributed by atoms with Gasteiger partial charge in [-0.05, 0) is 12.8 Å². The molecular weight excluding hydrogens is 210 g/mol. The maximum atomic E-state index is 10.1. The van der Waals surface area contributed by atoms with Crippen molar-refractivity contribution in [1.29, 1.82) is 0 Å². The van der Waals surface area contributed by atoms with Crippen molar-refractivity contribution in [2.75, 3.05) is 5.75 Å². The molecule has 1 aromatic heterocycles. The molecule has 1 rings (SSSR count). The number of H-pyrrole nitrogens is 1. The molecule has 1 aromatic rings. The van der Waals surface area contributed by atoms with E-state index in [-0.39, 0.29) is 0 Å². The van der Waals surface area contributed by atoms with Crippen LogP contribution in [0.1, 0.15) is 38.4 Å². The summed E-state index contributed by atoms with van der Waals surface area (Å²) in [5.41, 5.74) is 0. The number of carbonyl (C=O) groups is 1. The summed E-state index contributed by atoms with van der Waals surface area (Å²) in [4.78, 5) is 14.4. The lowest BCUT2D eigenvalue weighted by atomic mass is 10.2. The van der Waals surface area contributed by atoms with Crippen LogP contribution in [-0.2, 0) is 11.2 Å². The second-order valence-corrected chi connectivity index (χ2v) is 4.39. The van der Waals surface area contributed by atoms with E-state index < -0.39 is 0 Å². The van der Waals surface area contributed by atoms with E-state index in [0.29, 0.717) is 6.42 Å². The fourth-order valence-corrected chi connectivity index (χ4v) is 1.91. The van der Waals surface area contributed by atoms with Crippen molar-refractivity contribution in [3.8, 4) is 0 Å². The second-order valence-electron chi connectivity index (χ2n) is 3.33. The Balaban J connectivity index is 2.23. The molecule has 1 N–H and O–H groups in total. The molecule has 0 bridgehead atoms. The molecule has 0 radical (unpaired) electrons. The molecule has 5 heteroatoms. The number of rotatable bonds is 8. The molecule has 0 aromatic carbocycles. The van der Waals surface area contributed by atoms with E-state index in [9.17, 15) is 4.79 Å². The van der Waals surface area contributed by atoms with E-state index in [1.54, 1.807) is 11.8 Å². The normalized spacial score (nSPS) is 10.5. The maximum Gasteiger partial charge on any atom is 0.208 e. The van der Waals surface area contributed by atoms with Gasteiger partial charge >= 0.3 is 0 Å². The third-order valence-corrected chi connectivity index (χ3v) is 2.91. The van der Waals surface area contributed by atoms with Gasteiger partial charge in [-0.1, -0.05) is 25.1 Å². The molecule has 0 spiro atoms. The Morgan fingerprint density at radius 2 is 2.33 bits per heavy atom. The van der Waals surface area contributed by atoms with Gasteiger partial charge in [0.1, 0.15) is 12.1 Å². The second kappa shape index (κ2) is 7.45. The molecule has 0 unspecified atom stereocenters. The number of carbonyl (C=O) groups excluding carboxylic acids is 1. The van der Waals surface area contributed by atoms with Crippen molar-refractivity contribution in [2.24, 2.45) is 0 Å². The zero-order chi connectivity index (χ0) is 10.9. The van der Waals surface area contributed by atoms with Gasteiger partial charge in [0.25, 0.3) is 0 Å². The molecule has 0 saturated heterocycles. The highest BCUT2D eigenvalue weighted by Gasteiger charge is 2.02. The zero-order valence-electron chi connectivity index (χ0n) is 9.03. The van der Waals surface area contributed by atoms with Gasteiger partial charge < -0.3 is 4.79 Å². The fraction of sp³-hybridized carbons (Fsp3) is 0.700. The number of aryl methyl sites for hydroxylation is 1. The van der Waals surface area contributed by atoms with Crippen LogP contribution in [-0.4, -0.2) is 27.2 Å². The lowest BCUT2D eigenvalue weighted by Crippen LogP contribution is -1.87. The Bertz CT molecular complexity index is 288. The van der Waals surface area contributed by atoms with Crippen LogP contribution < -0.4 is 0 Å². The summed E-state index contributed by atoms with van der Waals surface area (Å²) in [6.45, 7) is 2.16. The number of aromatic nitrogens is 3. The number of thioether (sulfide) groups is 1. The first-order chi connectivity index (χ1) is 7.36. The highest BCUT2D eigenvalue weighted by molar-refractivity contribution is 7.99. The number of hydrogen-bond donors (Lipinski definition) is 1. The van der Waals surface area contributed by atoms with Gasteiger partial charge in [0.15, 0.2) is 0 Å². The Morgan fingerprint density at radius 3 is 3.07 bits per heavy atom. The topological polar surface area (TPSA) is 58.6 Å². The highest BCUT2D eigenvalue weighted by Crippen LogP contribution is 2.14. The van der Waals surface area contributed by atoms with E-state index in [1.807, 2.05) is 0 Å². The fourth-order valence-electron chi connectivity index (χ4n) is 1.13. The molecule has 0 saturated carbocycles. The molecule has 0 amide bonds. The van der Waals surface area contributed by atoms with Crippen molar-refractivity contribution in [1.82, 2.24) is 15.2 Å². The minimum absolute atomic E-state index is 0.625. The molecule has 0 fully saturated rings. The molecule has 0 atom stereocenters. The number of nitrogens with one attached hydrogen (secondary N) is 1. The van der Waals surface area contributed by atoms with Crippen molar-refractivity contribution in [3.05, 3.63) is 5.82 Å². The van der Waals surface area contributed by atoms with Crippen LogP contribution in [0.2, 0.25) is 0 Å². The van der Waals surface area contributed by atoms with Crippen LogP contribution >= 0.6 is 11.8 Å². The lowest BCUT2D eigenvalue weighted by Gasteiger charge is -1.92. The third kappa shape index (κ3) is 4.97. The van der Waals surface area contributed by atoms with Crippen LogP contribution in [0, 0.1) is 0 Å². The van der Waals surface area contributed by atoms with E-state index in [2.05, 4.69) is 22.1 Å². The van der Waals surface area contributed by atoms with Gasteiger partial charge in [-0.15, -0.1) is 5.10 Å². The van der Waals surface area contributed by atoms with Crippen molar-refractivity contribution in [2.45, 2.75) is 44.2 Å². The van der Waals surface area contributed by atoms with E-state index in [4.69, 9.17) is 0 Å². The van der Waals surface area contributed by atoms with Crippen molar-refractivity contribution >= 4 is 18.0 Å². The monoisotopic (exact) mass is 227 g/mol. The van der Waals surface area contributed by atoms with Crippen LogP contribution in [0.15, 0.2) is 5.16 Å². The Labute approximate surface area is 94.3 Å². The van der Waals surface area contributed by atoms with Gasteiger partial charge in [0.2, 0.25) is 5.16 Å². The number of aldehydes is 1.